The summed E-state index contributed by atoms with van der Waals surface area (Å²) in [6.45, 7) is 9.48. The van der Waals surface area contributed by atoms with E-state index in [1.54, 1.807) is 12.4 Å². The average Bonchev–Trinajstić information content (AvgIpc) is 3.64. The SMILES string of the molecule is CCOCCCOCCCCCOc1cccc(C(C)NC(=O)c2cccc(NC3(c4nc(-c5ccncc5)n[nH]4)CCN(C)CC3)c2)c1. The lowest BCUT2D eigenvalue weighted by molar-refractivity contribution is 0.0857. The minimum absolute atomic E-state index is 0.139. The first kappa shape index (κ1) is 36.0. The van der Waals surface area contributed by atoms with E-state index in [0.717, 1.165) is 106 Å². The molecule has 4 aromatic rings. The van der Waals surface area contributed by atoms with Crippen LogP contribution in [-0.2, 0) is 15.0 Å². The monoisotopic (exact) mass is 669 g/mol. The van der Waals surface area contributed by atoms with Crippen molar-refractivity contribution in [3.8, 4) is 17.1 Å². The van der Waals surface area contributed by atoms with Crippen LogP contribution in [0.1, 0.15) is 80.2 Å². The molecule has 3 heterocycles. The number of aromatic amines is 1. The van der Waals surface area contributed by atoms with Crippen molar-refractivity contribution in [1.29, 1.82) is 0 Å². The van der Waals surface area contributed by atoms with E-state index in [4.69, 9.17) is 19.2 Å². The molecule has 1 aliphatic rings. The number of ether oxygens (including phenoxy) is 3. The lowest BCUT2D eigenvalue weighted by Gasteiger charge is -2.40. The van der Waals surface area contributed by atoms with Crippen LogP contribution in [0.5, 0.6) is 5.75 Å². The smallest absolute Gasteiger partial charge is 0.251 e. The van der Waals surface area contributed by atoms with E-state index in [2.05, 4.69) is 37.8 Å². The number of carbonyl (C=O) groups excluding carboxylic acids is 1. The van der Waals surface area contributed by atoms with Gasteiger partial charge in [0.05, 0.1) is 18.2 Å². The van der Waals surface area contributed by atoms with Crippen LogP contribution in [0.2, 0.25) is 0 Å². The summed E-state index contributed by atoms with van der Waals surface area (Å²) in [6.07, 6.45) is 9.12. The second kappa shape index (κ2) is 18.4. The first-order valence-corrected chi connectivity index (χ1v) is 17.5. The summed E-state index contributed by atoms with van der Waals surface area (Å²) in [6, 6.07) is 19.2. The largest absolute Gasteiger partial charge is 0.494 e. The van der Waals surface area contributed by atoms with Gasteiger partial charge in [-0.25, -0.2) is 4.98 Å². The average molecular weight is 670 g/mol. The molecule has 3 N–H and O–H groups in total. The summed E-state index contributed by atoms with van der Waals surface area (Å²) in [5, 5.41) is 14.7. The van der Waals surface area contributed by atoms with Gasteiger partial charge in [-0.3, -0.25) is 14.9 Å². The highest BCUT2D eigenvalue weighted by molar-refractivity contribution is 5.95. The Kier molecular flexibility index (Phi) is 13.5. The number of unbranched alkanes of at least 4 members (excludes halogenated alkanes) is 2. The number of amides is 1. The Morgan fingerprint density at radius 2 is 1.69 bits per heavy atom. The quantitative estimate of drug-likeness (QED) is 0.0975. The van der Waals surface area contributed by atoms with Gasteiger partial charge in [-0.1, -0.05) is 18.2 Å². The summed E-state index contributed by atoms with van der Waals surface area (Å²) in [4.78, 5) is 24.8. The van der Waals surface area contributed by atoms with Crippen molar-refractivity contribution in [3.63, 3.8) is 0 Å². The molecule has 2 aromatic carbocycles. The minimum atomic E-state index is -0.453. The third-order valence-electron chi connectivity index (χ3n) is 8.92. The van der Waals surface area contributed by atoms with Crippen LogP contribution in [0.3, 0.4) is 0 Å². The van der Waals surface area contributed by atoms with Crippen LogP contribution in [0, 0.1) is 0 Å². The molecule has 5 rings (SSSR count). The Hall–Kier alpha value is -4.32. The maximum atomic E-state index is 13.5. The van der Waals surface area contributed by atoms with E-state index >= 15 is 0 Å². The maximum absolute atomic E-state index is 13.5. The third kappa shape index (κ3) is 10.6. The zero-order valence-electron chi connectivity index (χ0n) is 29.1. The Balaban J connectivity index is 1.14. The molecule has 262 valence electrons. The van der Waals surface area contributed by atoms with E-state index in [1.807, 2.05) is 74.5 Å². The number of hydrogen-bond acceptors (Lipinski definition) is 9. The molecule has 0 bridgehead atoms. The van der Waals surface area contributed by atoms with E-state index < -0.39 is 5.54 Å². The van der Waals surface area contributed by atoms with Gasteiger partial charge in [-0.05, 0) is 107 Å². The number of anilines is 1. The lowest BCUT2D eigenvalue weighted by atomic mass is 9.86. The molecular formula is C38H51N7O4. The van der Waals surface area contributed by atoms with Gasteiger partial charge >= 0.3 is 0 Å². The van der Waals surface area contributed by atoms with E-state index in [0.29, 0.717) is 18.0 Å². The molecule has 1 saturated heterocycles. The highest BCUT2D eigenvalue weighted by Gasteiger charge is 2.39. The third-order valence-corrected chi connectivity index (χ3v) is 8.92. The topological polar surface area (TPSA) is 127 Å². The van der Waals surface area contributed by atoms with Crippen molar-refractivity contribution in [2.24, 2.45) is 0 Å². The van der Waals surface area contributed by atoms with Gasteiger partial charge in [0.2, 0.25) is 0 Å². The van der Waals surface area contributed by atoms with Crippen molar-refractivity contribution >= 4 is 11.6 Å². The standard InChI is InChI=1S/C38H51N7O4/c1-4-47-24-10-25-48-23-6-5-7-26-49-34-14-9-11-31(28-34)29(2)40-36(46)32-12-8-13-33(27-32)42-38(17-21-45(3)22-18-38)37-41-35(43-44-37)30-15-19-39-20-16-30/h8-9,11-16,19-20,27-29,42H,4-7,10,17-18,21-26H2,1-3H3,(H,40,46)(H,41,43,44). The molecule has 11 heteroatoms. The van der Waals surface area contributed by atoms with Crippen molar-refractivity contribution in [2.45, 2.75) is 64.0 Å². The number of likely N-dealkylation sites (tertiary alicyclic amines) is 1. The zero-order valence-corrected chi connectivity index (χ0v) is 29.1. The highest BCUT2D eigenvalue weighted by Crippen LogP contribution is 2.35. The molecular weight excluding hydrogens is 618 g/mol. The van der Waals surface area contributed by atoms with Gasteiger partial charge in [0.15, 0.2) is 11.6 Å². The predicted octanol–water partition coefficient (Wildman–Crippen LogP) is 6.38. The molecule has 1 atom stereocenters. The number of pyridine rings is 1. The van der Waals surface area contributed by atoms with Crippen LogP contribution in [0.15, 0.2) is 73.1 Å². The maximum Gasteiger partial charge on any atom is 0.251 e. The molecule has 0 radical (unpaired) electrons. The number of carbonyl (C=O) groups is 1. The summed E-state index contributed by atoms with van der Waals surface area (Å²) in [5.41, 5.74) is 2.88. The first-order chi connectivity index (χ1) is 24.0. The molecule has 49 heavy (non-hydrogen) atoms. The van der Waals surface area contributed by atoms with E-state index in [1.165, 1.54) is 0 Å². The number of hydrogen-bond donors (Lipinski definition) is 3. The number of nitrogens with one attached hydrogen (secondary N) is 3. The minimum Gasteiger partial charge on any atom is -0.494 e. The number of benzene rings is 2. The van der Waals surface area contributed by atoms with Gasteiger partial charge in [0.25, 0.3) is 5.91 Å². The van der Waals surface area contributed by atoms with Crippen LogP contribution in [-0.4, -0.2) is 84.1 Å². The fraction of sp³-hybridized carbons (Fsp3) is 0.474. The lowest BCUT2D eigenvalue weighted by Crippen LogP contribution is -2.46. The number of aromatic nitrogens is 4. The van der Waals surface area contributed by atoms with Crippen molar-refractivity contribution < 1.29 is 19.0 Å². The predicted molar refractivity (Wildman–Crippen MR) is 192 cm³/mol. The van der Waals surface area contributed by atoms with Gasteiger partial charge < -0.3 is 29.7 Å². The van der Waals surface area contributed by atoms with Crippen LogP contribution >= 0.6 is 0 Å². The number of piperidine rings is 1. The van der Waals surface area contributed by atoms with Crippen molar-refractivity contribution in [2.75, 3.05) is 58.5 Å². The Morgan fingerprint density at radius 1 is 0.939 bits per heavy atom. The van der Waals surface area contributed by atoms with Crippen molar-refractivity contribution in [1.82, 2.24) is 30.4 Å². The molecule has 0 spiro atoms. The summed E-state index contributed by atoms with van der Waals surface area (Å²) in [5.74, 6) is 2.09. The highest BCUT2D eigenvalue weighted by atomic mass is 16.5. The second-order valence-electron chi connectivity index (χ2n) is 12.7. The van der Waals surface area contributed by atoms with Crippen LogP contribution < -0.4 is 15.4 Å². The number of rotatable bonds is 19. The van der Waals surface area contributed by atoms with Gasteiger partial charge in [0.1, 0.15) is 5.75 Å². The van der Waals surface area contributed by atoms with Gasteiger partial charge in [-0.15, -0.1) is 0 Å². The Bertz CT molecular complexity index is 1570. The fourth-order valence-corrected chi connectivity index (χ4v) is 5.96. The van der Waals surface area contributed by atoms with Gasteiger partial charge in [-0.2, -0.15) is 5.10 Å². The molecule has 1 aliphatic heterocycles. The second-order valence-corrected chi connectivity index (χ2v) is 12.7. The summed E-state index contributed by atoms with van der Waals surface area (Å²) in [7, 11) is 2.13. The summed E-state index contributed by atoms with van der Waals surface area (Å²) >= 11 is 0. The van der Waals surface area contributed by atoms with Crippen LogP contribution in [0.4, 0.5) is 5.69 Å². The van der Waals surface area contributed by atoms with E-state index in [9.17, 15) is 4.79 Å². The number of H-pyrrole nitrogens is 1. The van der Waals surface area contributed by atoms with E-state index in [-0.39, 0.29) is 11.9 Å². The molecule has 1 unspecified atom stereocenters. The Labute approximate surface area is 290 Å². The molecule has 2 aromatic heterocycles. The molecule has 1 fully saturated rings. The molecule has 1 amide bonds. The molecule has 11 nitrogen and oxygen atoms in total. The molecule has 0 saturated carbocycles. The Morgan fingerprint density at radius 3 is 2.51 bits per heavy atom. The van der Waals surface area contributed by atoms with Crippen molar-refractivity contribution in [3.05, 3.63) is 90.0 Å². The zero-order chi connectivity index (χ0) is 34.3. The first-order valence-electron chi connectivity index (χ1n) is 17.5. The fourth-order valence-electron chi connectivity index (χ4n) is 5.96. The van der Waals surface area contributed by atoms with Gasteiger partial charge in [0, 0.05) is 68.7 Å². The normalized spacial score (nSPS) is 15.1. The summed E-state index contributed by atoms with van der Waals surface area (Å²) < 4.78 is 17.0. The molecule has 0 aliphatic carbocycles. The van der Waals surface area contributed by atoms with Crippen LogP contribution in [0.25, 0.3) is 11.4 Å². The number of nitrogens with zero attached hydrogens (tertiary/aromatic N) is 4.